The number of amides is 1. The van der Waals surface area contributed by atoms with Crippen molar-refractivity contribution in [3.05, 3.63) is 12.7 Å². The zero-order valence-electron chi connectivity index (χ0n) is 8.08. The van der Waals surface area contributed by atoms with Gasteiger partial charge >= 0.3 is 0 Å². The number of nitrogens with one attached hydrogen (secondary N) is 1. The molecule has 0 radical (unpaired) electrons. The van der Waals surface area contributed by atoms with Crippen LogP contribution in [0.25, 0.3) is 0 Å². The van der Waals surface area contributed by atoms with Crippen LogP contribution in [0.1, 0.15) is 26.2 Å². The molecule has 0 aromatic rings. The van der Waals surface area contributed by atoms with Crippen LogP contribution in [0.15, 0.2) is 12.7 Å². The highest BCUT2D eigenvalue weighted by Gasteiger charge is 2.27. The zero-order valence-corrected chi connectivity index (χ0v) is 8.90. The molecule has 3 heteroatoms. The minimum absolute atomic E-state index is 0.0337. The first-order chi connectivity index (χ1) is 6.27. The Morgan fingerprint density at radius 3 is 3.08 bits per heavy atom. The number of thioether (sulfide) groups is 1. The fourth-order valence-electron chi connectivity index (χ4n) is 1.75. The minimum Gasteiger partial charge on any atom is -0.349 e. The number of rotatable bonds is 4. The lowest BCUT2D eigenvalue weighted by atomic mass is 10.2. The first kappa shape index (κ1) is 10.6. The molecule has 0 aromatic heterocycles. The van der Waals surface area contributed by atoms with E-state index < -0.39 is 0 Å². The van der Waals surface area contributed by atoms with Gasteiger partial charge in [-0.15, -0.1) is 0 Å². The Kier molecular flexibility index (Phi) is 4.36. The van der Waals surface area contributed by atoms with E-state index in [1.807, 2.05) is 11.8 Å². The second-order valence-electron chi connectivity index (χ2n) is 3.24. The van der Waals surface area contributed by atoms with E-state index in [0.29, 0.717) is 11.3 Å². The smallest absolute Gasteiger partial charge is 0.243 e. The van der Waals surface area contributed by atoms with Crippen LogP contribution in [0, 0.1) is 0 Å². The third-order valence-electron chi connectivity index (χ3n) is 2.35. The van der Waals surface area contributed by atoms with Crippen molar-refractivity contribution >= 4 is 17.7 Å². The van der Waals surface area contributed by atoms with Crippen LogP contribution in [0.5, 0.6) is 0 Å². The molecule has 74 valence electrons. The van der Waals surface area contributed by atoms with Gasteiger partial charge in [-0.05, 0) is 24.7 Å². The molecule has 0 heterocycles. The Morgan fingerprint density at radius 1 is 1.69 bits per heavy atom. The number of hydrogen-bond donors (Lipinski definition) is 1. The molecular formula is C10H17NOS. The Labute approximate surface area is 84.2 Å². The van der Waals surface area contributed by atoms with E-state index in [9.17, 15) is 4.79 Å². The minimum atomic E-state index is -0.0337. The van der Waals surface area contributed by atoms with Gasteiger partial charge in [-0.2, -0.15) is 11.8 Å². The molecular weight excluding hydrogens is 182 g/mol. The molecule has 2 nitrogen and oxygen atoms in total. The van der Waals surface area contributed by atoms with Crippen LogP contribution in [0.2, 0.25) is 0 Å². The lowest BCUT2D eigenvalue weighted by molar-refractivity contribution is -0.117. The first-order valence-electron chi connectivity index (χ1n) is 4.82. The number of hydrogen-bond acceptors (Lipinski definition) is 2. The van der Waals surface area contributed by atoms with E-state index in [1.54, 1.807) is 0 Å². The molecule has 0 saturated heterocycles. The molecule has 1 amide bonds. The molecule has 0 aromatic carbocycles. The van der Waals surface area contributed by atoms with Gasteiger partial charge in [-0.25, -0.2) is 0 Å². The van der Waals surface area contributed by atoms with Gasteiger partial charge in [-0.1, -0.05) is 19.9 Å². The average Bonchev–Trinajstić information content (AvgIpc) is 2.54. The van der Waals surface area contributed by atoms with E-state index in [0.717, 1.165) is 12.2 Å². The van der Waals surface area contributed by atoms with Gasteiger partial charge in [0.25, 0.3) is 0 Å². The van der Waals surface area contributed by atoms with Crippen molar-refractivity contribution in [3.63, 3.8) is 0 Å². The monoisotopic (exact) mass is 199 g/mol. The average molecular weight is 199 g/mol. The predicted molar refractivity (Wildman–Crippen MR) is 57.9 cm³/mol. The van der Waals surface area contributed by atoms with Crippen LogP contribution in [0.4, 0.5) is 0 Å². The molecule has 1 N–H and O–H groups in total. The molecule has 1 saturated carbocycles. The normalized spacial score (nSPS) is 27.2. The fraction of sp³-hybridized carbons (Fsp3) is 0.700. The molecule has 1 rings (SSSR count). The summed E-state index contributed by atoms with van der Waals surface area (Å²) in [4.78, 5) is 11.1. The van der Waals surface area contributed by atoms with Crippen molar-refractivity contribution in [3.8, 4) is 0 Å². The summed E-state index contributed by atoms with van der Waals surface area (Å²) in [6.45, 7) is 5.62. The standard InChI is InChI=1S/C10H17NOS/c1-3-10(12)11-8-6-5-7-9(8)13-4-2/h3,8-9H,1,4-7H2,2H3,(H,11,12). The molecule has 1 aliphatic rings. The van der Waals surface area contributed by atoms with Crippen LogP contribution in [-0.2, 0) is 4.79 Å². The maximum absolute atomic E-state index is 11.1. The number of carbonyl (C=O) groups is 1. The van der Waals surface area contributed by atoms with Gasteiger partial charge < -0.3 is 5.32 Å². The van der Waals surface area contributed by atoms with Crippen LogP contribution < -0.4 is 5.32 Å². The highest BCUT2D eigenvalue weighted by atomic mass is 32.2. The third-order valence-corrected chi connectivity index (χ3v) is 3.67. The fourth-order valence-corrected chi connectivity index (χ4v) is 2.94. The predicted octanol–water partition coefficient (Wildman–Crippen LogP) is 1.96. The second-order valence-corrected chi connectivity index (χ2v) is 4.76. The molecule has 13 heavy (non-hydrogen) atoms. The molecule has 1 fully saturated rings. The van der Waals surface area contributed by atoms with E-state index in [2.05, 4.69) is 18.8 Å². The van der Waals surface area contributed by atoms with Crippen molar-refractivity contribution in [2.24, 2.45) is 0 Å². The lowest BCUT2D eigenvalue weighted by Crippen LogP contribution is -2.37. The zero-order chi connectivity index (χ0) is 9.68. The van der Waals surface area contributed by atoms with Crippen molar-refractivity contribution in [2.75, 3.05) is 5.75 Å². The van der Waals surface area contributed by atoms with Crippen molar-refractivity contribution in [1.82, 2.24) is 5.32 Å². The molecule has 1 aliphatic carbocycles. The van der Waals surface area contributed by atoms with Gasteiger partial charge in [0.1, 0.15) is 0 Å². The Hall–Kier alpha value is -0.440. The Bertz CT molecular complexity index is 193. The summed E-state index contributed by atoms with van der Waals surface area (Å²) in [5, 5.41) is 3.60. The van der Waals surface area contributed by atoms with E-state index in [-0.39, 0.29) is 5.91 Å². The van der Waals surface area contributed by atoms with Gasteiger partial charge in [0.05, 0.1) is 0 Å². The molecule has 0 aliphatic heterocycles. The summed E-state index contributed by atoms with van der Waals surface area (Å²) in [6, 6.07) is 0.371. The number of carbonyl (C=O) groups excluding carboxylic acids is 1. The summed E-state index contributed by atoms with van der Waals surface area (Å²) in [6.07, 6.45) is 4.95. The van der Waals surface area contributed by atoms with E-state index >= 15 is 0 Å². The molecule has 2 unspecified atom stereocenters. The van der Waals surface area contributed by atoms with Gasteiger partial charge in [0, 0.05) is 11.3 Å². The van der Waals surface area contributed by atoms with Crippen molar-refractivity contribution in [2.45, 2.75) is 37.5 Å². The summed E-state index contributed by atoms with van der Waals surface area (Å²) in [7, 11) is 0. The SMILES string of the molecule is C=CC(=O)NC1CCCC1SCC. The van der Waals surface area contributed by atoms with Gasteiger partial charge in [0.15, 0.2) is 0 Å². The van der Waals surface area contributed by atoms with Crippen molar-refractivity contribution < 1.29 is 4.79 Å². The maximum atomic E-state index is 11.1. The van der Waals surface area contributed by atoms with E-state index in [4.69, 9.17) is 0 Å². The molecule has 0 bridgehead atoms. The lowest BCUT2D eigenvalue weighted by Gasteiger charge is -2.18. The summed E-state index contributed by atoms with van der Waals surface area (Å²) < 4.78 is 0. The van der Waals surface area contributed by atoms with Gasteiger partial charge in [-0.3, -0.25) is 4.79 Å². The van der Waals surface area contributed by atoms with Gasteiger partial charge in [0.2, 0.25) is 5.91 Å². The van der Waals surface area contributed by atoms with Crippen LogP contribution in [0.3, 0.4) is 0 Å². The second kappa shape index (κ2) is 5.32. The maximum Gasteiger partial charge on any atom is 0.243 e. The van der Waals surface area contributed by atoms with Crippen molar-refractivity contribution in [1.29, 1.82) is 0 Å². The summed E-state index contributed by atoms with van der Waals surface area (Å²) >= 11 is 1.95. The Morgan fingerprint density at radius 2 is 2.46 bits per heavy atom. The Balaban J connectivity index is 2.38. The van der Waals surface area contributed by atoms with E-state index in [1.165, 1.54) is 18.9 Å². The molecule has 2 atom stereocenters. The van der Waals surface area contributed by atoms with Crippen LogP contribution in [-0.4, -0.2) is 23.0 Å². The highest BCUT2D eigenvalue weighted by Crippen LogP contribution is 2.29. The highest BCUT2D eigenvalue weighted by molar-refractivity contribution is 7.99. The summed E-state index contributed by atoms with van der Waals surface area (Å²) in [5.74, 6) is 1.10. The molecule has 0 spiro atoms. The largest absolute Gasteiger partial charge is 0.349 e. The summed E-state index contributed by atoms with van der Waals surface area (Å²) in [5.41, 5.74) is 0. The topological polar surface area (TPSA) is 29.1 Å². The first-order valence-corrected chi connectivity index (χ1v) is 5.87. The third kappa shape index (κ3) is 3.07. The van der Waals surface area contributed by atoms with Crippen LogP contribution >= 0.6 is 11.8 Å². The quantitative estimate of drug-likeness (QED) is 0.701.